The highest BCUT2D eigenvalue weighted by atomic mass is 16.4. The number of nitrogens with zero attached hydrogens (tertiary/aromatic N) is 1. The number of rotatable bonds is 6. The number of carbonyl (C=O) groups is 1. The van der Waals surface area contributed by atoms with Crippen LogP contribution in [0.15, 0.2) is 48.5 Å². The molecule has 0 atom stereocenters. The second-order valence-electron chi connectivity index (χ2n) is 5.11. The van der Waals surface area contributed by atoms with E-state index in [0.717, 1.165) is 11.3 Å². The lowest BCUT2D eigenvalue weighted by Gasteiger charge is -2.26. The molecule has 0 aliphatic carbocycles. The van der Waals surface area contributed by atoms with Gasteiger partial charge in [0.05, 0.1) is 17.8 Å². The third-order valence-corrected chi connectivity index (χ3v) is 3.33. The number of nitrogens with two attached hydrogens (primary N) is 1. The minimum Gasteiger partial charge on any atom is -0.481 e. The van der Waals surface area contributed by atoms with E-state index >= 15 is 0 Å². The summed E-state index contributed by atoms with van der Waals surface area (Å²) in [5.74, 6) is -0.807. The van der Waals surface area contributed by atoms with Gasteiger partial charge in [-0.2, -0.15) is 0 Å². The topological polar surface area (TPSA) is 66.6 Å². The van der Waals surface area contributed by atoms with Gasteiger partial charge in [-0.3, -0.25) is 4.79 Å². The van der Waals surface area contributed by atoms with Gasteiger partial charge in [0.2, 0.25) is 0 Å². The van der Waals surface area contributed by atoms with Crippen LogP contribution in [0.25, 0.3) is 0 Å². The van der Waals surface area contributed by atoms with E-state index in [1.165, 1.54) is 5.56 Å². The summed E-state index contributed by atoms with van der Waals surface area (Å²) in [4.78, 5) is 12.9. The van der Waals surface area contributed by atoms with Crippen molar-refractivity contribution >= 4 is 17.3 Å². The van der Waals surface area contributed by atoms with E-state index in [2.05, 4.69) is 6.07 Å². The molecule has 4 nitrogen and oxygen atoms in total. The van der Waals surface area contributed by atoms with Gasteiger partial charge in [0, 0.05) is 13.1 Å². The standard InChI is InChI=1S/C17H20N2O2/c1-13-5-4-6-14(11-13)12-19(10-9-17(20)21)16-8-3-2-7-15(16)18/h2-8,11H,9-10,12,18H2,1H3,(H,20,21). The van der Waals surface area contributed by atoms with Crippen molar-refractivity contribution in [2.24, 2.45) is 0 Å². The summed E-state index contributed by atoms with van der Waals surface area (Å²) in [6.07, 6.45) is 0.0835. The fourth-order valence-electron chi connectivity index (χ4n) is 2.32. The molecule has 2 aromatic rings. The summed E-state index contributed by atoms with van der Waals surface area (Å²) >= 11 is 0. The number of carboxylic acids is 1. The molecule has 0 saturated heterocycles. The Balaban J connectivity index is 2.23. The summed E-state index contributed by atoms with van der Waals surface area (Å²) in [7, 11) is 0. The number of aryl methyl sites for hydroxylation is 1. The van der Waals surface area contributed by atoms with Gasteiger partial charge in [-0.1, -0.05) is 42.0 Å². The van der Waals surface area contributed by atoms with Gasteiger partial charge in [-0.15, -0.1) is 0 Å². The summed E-state index contributed by atoms with van der Waals surface area (Å²) in [6.45, 7) is 3.11. The monoisotopic (exact) mass is 284 g/mol. The fourth-order valence-corrected chi connectivity index (χ4v) is 2.32. The highest BCUT2D eigenvalue weighted by Crippen LogP contribution is 2.24. The molecule has 0 amide bonds. The van der Waals surface area contributed by atoms with Gasteiger partial charge in [0.25, 0.3) is 0 Å². The quantitative estimate of drug-likeness (QED) is 0.800. The molecule has 2 aromatic carbocycles. The van der Waals surface area contributed by atoms with E-state index in [-0.39, 0.29) is 6.42 Å². The maximum Gasteiger partial charge on any atom is 0.305 e. The Morgan fingerprint density at radius 1 is 1.19 bits per heavy atom. The van der Waals surface area contributed by atoms with Crippen molar-refractivity contribution in [2.45, 2.75) is 19.9 Å². The fraction of sp³-hybridized carbons (Fsp3) is 0.235. The number of hydrogen-bond acceptors (Lipinski definition) is 3. The van der Waals surface area contributed by atoms with Gasteiger partial charge in [0.1, 0.15) is 0 Å². The lowest BCUT2D eigenvalue weighted by atomic mass is 10.1. The molecule has 0 heterocycles. The van der Waals surface area contributed by atoms with Gasteiger partial charge in [-0.05, 0) is 24.6 Å². The first-order valence-corrected chi connectivity index (χ1v) is 6.93. The van der Waals surface area contributed by atoms with Crippen molar-refractivity contribution < 1.29 is 9.90 Å². The van der Waals surface area contributed by atoms with Crippen LogP contribution in [0.4, 0.5) is 11.4 Å². The van der Waals surface area contributed by atoms with Crippen LogP contribution in [-0.2, 0) is 11.3 Å². The molecule has 0 fully saturated rings. The SMILES string of the molecule is Cc1cccc(CN(CCC(=O)O)c2ccccc2N)c1. The van der Waals surface area contributed by atoms with Crippen molar-refractivity contribution in [1.82, 2.24) is 0 Å². The molecule has 0 aliphatic rings. The van der Waals surface area contributed by atoms with Crippen LogP contribution in [0.2, 0.25) is 0 Å². The summed E-state index contributed by atoms with van der Waals surface area (Å²) < 4.78 is 0. The van der Waals surface area contributed by atoms with Gasteiger partial charge >= 0.3 is 5.97 Å². The largest absolute Gasteiger partial charge is 0.481 e. The second-order valence-corrected chi connectivity index (χ2v) is 5.11. The van der Waals surface area contributed by atoms with Crippen LogP contribution >= 0.6 is 0 Å². The third-order valence-electron chi connectivity index (χ3n) is 3.33. The van der Waals surface area contributed by atoms with Crippen molar-refractivity contribution in [2.75, 3.05) is 17.2 Å². The lowest BCUT2D eigenvalue weighted by molar-refractivity contribution is -0.136. The van der Waals surface area contributed by atoms with Gasteiger partial charge in [-0.25, -0.2) is 0 Å². The van der Waals surface area contributed by atoms with E-state index in [9.17, 15) is 4.79 Å². The zero-order valence-corrected chi connectivity index (χ0v) is 12.1. The molecule has 2 rings (SSSR count). The minimum absolute atomic E-state index is 0.0835. The number of hydrogen-bond donors (Lipinski definition) is 2. The summed E-state index contributed by atoms with van der Waals surface area (Å²) in [6, 6.07) is 15.7. The average molecular weight is 284 g/mol. The first-order valence-electron chi connectivity index (χ1n) is 6.93. The molecule has 0 spiro atoms. The maximum absolute atomic E-state index is 10.9. The van der Waals surface area contributed by atoms with Crippen molar-refractivity contribution in [3.05, 3.63) is 59.7 Å². The Morgan fingerprint density at radius 2 is 1.95 bits per heavy atom. The molecule has 0 aromatic heterocycles. The molecule has 0 bridgehead atoms. The lowest BCUT2D eigenvalue weighted by Crippen LogP contribution is -2.26. The van der Waals surface area contributed by atoms with Crippen LogP contribution in [0.1, 0.15) is 17.5 Å². The first-order chi connectivity index (χ1) is 10.1. The predicted octanol–water partition coefficient (Wildman–Crippen LogP) is 3.06. The number of aliphatic carboxylic acids is 1. The van der Waals surface area contributed by atoms with E-state index in [0.29, 0.717) is 18.8 Å². The molecule has 3 N–H and O–H groups in total. The summed E-state index contributed by atoms with van der Waals surface area (Å²) in [5, 5.41) is 8.93. The number of benzene rings is 2. The molecular weight excluding hydrogens is 264 g/mol. The Hall–Kier alpha value is -2.49. The molecular formula is C17H20N2O2. The van der Waals surface area contributed by atoms with E-state index in [1.54, 1.807) is 0 Å². The van der Waals surface area contributed by atoms with E-state index < -0.39 is 5.97 Å². The molecule has 0 aliphatic heterocycles. The number of nitrogen functional groups attached to an aromatic ring is 1. The number of para-hydroxylation sites is 2. The predicted molar refractivity (Wildman–Crippen MR) is 85.3 cm³/mol. The van der Waals surface area contributed by atoms with Crippen molar-refractivity contribution in [1.29, 1.82) is 0 Å². The zero-order chi connectivity index (χ0) is 15.2. The van der Waals surface area contributed by atoms with E-state index in [1.807, 2.05) is 54.3 Å². The van der Waals surface area contributed by atoms with Crippen LogP contribution in [-0.4, -0.2) is 17.6 Å². The third kappa shape index (κ3) is 4.24. The highest BCUT2D eigenvalue weighted by Gasteiger charge is 2.12. The Labute approximate surface area is 124 Å². The smallest absolute Gasteiger partial charge is 0.305 e. The van der Waals surface area contributed by atoms with Gasteiger partial charge in [0.15, 0.2) is 0 Å². The normalized spacial score (nSPS) is 10.3. The average Bonchev–Trinajstić information content (AvgIpc) is 2.44. The Bertz CT molecular complexity index is 626. The number of carboxylic acid groups (broad SMARTS) is 1. The van der Waals surface area contributed by atoms with Crippen LogP contribution in [0.3, 0.4) is 0 Å². The molecule has 4 heteroatoms. The van der Waals surface area contributed by atoms with Crippen LogP contribution in [0, 0.1) is 6.92 Å². The molecule has 0 radical (unpaired) electrons. The van der Waals surface area contributed by atoms with E-state index in [4.69, 9.17) is 10.8 Å². The molecule has 110 valence electrons. The van der Waals surface area contributed by atoms with Crippen molar-refractivity contribution in [3.8, 4) is 0 Å². The highest BCUT2D eigenvalue weighted by molar-refractivity contribution is 5.70. The second kappa shape index (κ2) is 6.79. The van der Waals surface area contributed by atoms with Crippen molar-refractivity contribution in [3.63, 3.8) is 0 Å². The van der Waals surface area contributed by atoms with Crippen LogP contribution < -0.4 is 10.6 Å². The maximum atomic E-state index is 10.9. The molecule has 0 saturated carbocycles. The minimum atomic E-state index is -0.807. The Morgan fingerprint density at radius 3 is 2.62 bits per heavy atom. The van der Waals surface area contributed by atoms with Gasteiger partial charge < -0.3 is 15.7 Å². The molecule has 21 heavy (non-hydrogen) atoms. The summed E-state index contributed by atoms with van der Waals surface area (Å²) in [5.41, 5.74) is 9.89. The first kappa shape index (κ1) is 14.9. The zero-order valence-electron chi connectivity index (χ0n) is 12.1. The Kier molecular flexibility index (Phi) is 4.82. The molecule has 0 unspecified atom stereocenters. The number of anilines is 2. The van der Waals surface area contributed by atoms with Crippen LogP contribution in [0.5, 0.6) is 0 Å².